The molecule has 146 valence electrons. The van der Waals surface area contributed by atoms with Crippen LogP contribution in [-0.2, 0) is 12.0 Å². The van der Waals surface area contributed by atoms with Crippen LogP contribution in [0.4, 0.5) is 5.82 Å². The van der Waals surface area contributed by atoms with Gasteiger partial charge in [0.2, 0.25) is 0 Å². The SMILES string of the molecule is CCc1c(Cl)nc(C)nc1N1CCC(O)(c2cc(OC)cc(OC)c2)CC1. The van der Waals surface area contributed by atoms with Crippen LogP contribution in [0.15, 0.2) is 18.2 Å². The standard InChI is InChI=1S/C20H26ClN3O3/c1-5-17-18(21)22-13(2)23-19(17)24-8-6-20(25,7-9-24)14-10-15(26-3)12-16(11-14)27-4/h10-12,25H,5-9H2,1-4H3. The van der Waals surface area contributed by atoms with Crippen molar-refractivity contribution in [2.45, 2.75) is 38.7 Å². The van der Waals surface area contributed by atoms with Crippen LogP contribution in [0.1, 0.15) is 36.7 Å². The van der Waals surface area contributed by atoms with Crippen molar-refractivity contribution in [3.63, 3.8) is 0 Å². The van der Waals surface area contributed by atoms with Gasteiger partial charge in [-0.2, -0.15) is 0 Å². The summed E-state index contributed by atoms with van der Waals surface area (Å²) in [6, 6.07) is 5.56. The number of ether oxygens (including phenoxy) is 2. The van der Waals surface area contributed by atoms with Gasteiger partial charge in [-0.25, -0.2) is 9.97 Å². The van der Waals surface area contributed by atoms with Crippen molar-refractivity contribution in [1.82, 2.24) is 9.97 Å². The first kappa shape index (κ1) is 19.7. The summed E-state index contributed by atoms with van der Waals surface area (Å²) in [6.07, 6.45) is 1.92. The number of rotatable bonds is 5. The van der Waals surface area contributed by atoms with Crippen LogP contribution in [0.25, 0.3) is 0 Å². The lowest BCUT2D eigenvalue weighted by molar-refractivity contribution is 0.0112. The van der Waals surface area contributed by atoms with E-state index in [1.54, 1.807) is 20.3 Å². The fourth-order valence-electron chi connectivity index (χ4n) is 3.57. The zero-order valence-electron chi connectivity index (χ0n) is 16.3. The molecule has 0 aliphatic carbocycles. The molecule has 1 aromatic heterocycles. The van der Waals surface area contributed by atoms with E-state index < -0.39 is 5.60 Å². The molecule has 3 rings (SSSR count). The second-order valence-electron chi connectivity index (χ2n) is 6.84. The Bertz CT molecular complexity index is 798. The Morgan fingerprint density at radius 2 is 1.70 bits per heavy atom. The lowest BCUT2D eigenvalue weighted by atomic mass is 9.84. The summed E-state index contributed by atoms with van der Waals surface area (Å²) in [7, 11) is 3.22. The molecule has 1 fully saturated rings. The van der Waals surface area contributed by atoms with Crippen LogP contribution >= 0.6 is 11.6 Å². The third kappa shape index (κ3) is 3.96. The van der Waals surface area contributed by atoms with Crippen LogP contribution in [0.2, 0.25) is 5.15 Å². The molecule has 7 heteroatoms. The van der Waals surface area contributed by atoms with E-state index in [-0.39, 0.29) is 0 Å². The van der Waals surface area contributed by atoms with E-state index in [1.165, 1.54) is 0 Å². The maximum absolute atomic E-state index is 11.3. The molecule has 1 saturated heterocycles. The Morgan fingerprint density at radius 1 is 1.11 bits per heavy atom. The van der Waals surface area contributed by atoms with Gasteiger partial charge in [0.1, 0.15) is 28.3 Å². The predicted octanol–water partition coefficient (Wildman–Crippen LogP) is 3.51. The maximum Gasteiger partial charge on any atom is 0.138 e. The highest BCUT2D eigenvalue weighted by molar-refractivity contribution is 6.30. The molecule has 27 heavy (non-hydrogen) atoms. The van der Waals surface area contributed by atoms with Crippen molar-refractivity contribution in [3.05, 3.63) is 40.3 Å². The van der Waals surface area contributed by atoms with Crippen LogP contribution in [-0.4, -0.2) is 42.4 Å². The third-order valence-electron chi connectivity index (χ3n) is 5.18. The molecule has 0 saturated carbocycles. The van der Waals surface area contributed by atoms with Gasteiger partial charge in [0, 0.05) is 24.7 Å². The highest BCUT2D eigenvalue weighted by atomic mass is 35.5. The number of aryl methyl sites for hydroxylation is 1. The summed E-state index contributed by atoms with van der Waals surface area (Å²) < 4.78 is 10.7. The second-order valence-corrected chi connectivity index (χ2v) is 7.20. The molecule has 1 aromatic carbocycles. The van der Waals surface area contributed by atoms with Gasteiger partial charge in [-0.1, -0.05) is 18.5 Å². The van der Waals surface area contributed by atoms with Crippen molar-refractivity contribution in [2.75, 3.05) is 32.2 Å². The summed E-state index contributed by atoms with van der Waals surface area (Å²) in [5.74, 6) is 2.88. The topological polar surface area (TPSA) is 67.7 Å². The van der Waals surface area contributed by atoms with E-state index in [2.05, 4.69) is 14.9 Å². The first-order valence-corrected chi connectivity index (χ1v) is 9.52. The van der Waals surface area contributed by atoms with E-state index in [1.807, 2.05) is 26.0 Å². The molecular formula is C20H26ClN3O3. The van der Waals surface area contributed by atoms with Crippen LogP contribution in [0.5, 0.6) is 11.5 Å². The smallest absolute Gasteiger partial charge is 0.138 e. The lowest BCUT2D eigenvalue weighted by Crippen LogP contribution is -2.43. The number of benzene rings is 1. The second kappa shape index (κ2) is 7.90. The fourth-order valence-corrected chi connectivity index (χ4v) is 3.91. The van der Waals surface area contributed by atoms with Gasteiger partial charge in [-0.15, -0.1) is 0 Å². The Kier molecular flexibility index (Phi) is 5.77. The average Bonchev–Trinajstić information content (AvgIpc) is 2.67. The molecule has 2 aromatic rings. The summed E-state index contributed by atoms with van der Waals surface area (Å²) >= 11 is 6.32. The highest BCUT2D eigenvalue weighted by Gasteiger charge is 2.36. The molecule has 0 spiro atoms. The number of nitrogens with zero attached hydrogens (tertiary/aromatic N) is 3. The maximum atomic E-state index is 11.3. The van der Waals surface area contributed by atoms with Gasteiger partial charge in [-0.3, -0.25) is 0 Å². The largest absolute Gasteiger partial charge is 0.497 e. The van der Waals surface area contributed by atoms with E-state index in [0.29, 0.717) is 48.4 Å². The molecule has 0 radical (unpaired) electrons. The Hall–Kier alpha value is -2.05. The quantitative estimate of drug-likeness (QED) is 0.787. The Labute approximate surface area is 165 Å². The van der Waals surface area contributed by atoms with Crippen molar-refractivity contribution in [2.24, 2.45) is 0 Å². The summed E-state index contributed by atoms with van der Waals surface area (Å²) in [6.45, 7) is 5.25. The van der Waals surface area contributed by atoms with Gasteiger partial charge < -0.3 is 19.5 Å². The predicted molar refractivity (Wildman–Crippen MR) is 106 cm³/mol. The lowest BCUT2D eigenvalue weighted by Gasteiger charge is -2.40. The van der Waals surface area contributed by atoms with Crippen LogP contribution < -0.4 is 14.4 Å². The monoisotopic (exact) mass is 391 g/mol. The number of anilines is 1. The number of halogens is 1. The van der Waals surface area contributed by atoms with Crippen LogP contribution in [0.3, 0.4) is 0 Å². The van der Waals surface area contributed by atoms with Crippen molar-refractivity contribution in [1.29, 1.82) is 0 Å². The molecule has 6 nitrogen and oxygen atoms in total. The molecule has 1 N–H and O–H groups in total. The number of aliphatic hydroxyl groups is 1. The third-order valence-corrected chi connectivity index (χ3v) is 5.49. The van der Waals surface area contributed by atoms with E-state index >= 15 is 0 Å². The van der Waals surface area contributed by atoms with E-state index in [9.17, 15) is 5.11 Å². The molecule has 0 atom stereocenters. The summed E-state index contributed by atoms with van der Waals surface area (Å²) in [4.78, 5) is 11.1. The molecular weight excluding hydrogens is 366 g/mol. The number of methoxy groups -OCH3 is 2. The number of aromatic nitrogens is 2. The Morgan fingerprint density at radius 3 is 2.22 bits per heavy atom. The first-order valence-electron chi connectivity index (χ1n) is 9.14. The van der Waals surface area contributed by atoms with Gasteiger partial charge >= 0.3 is 0 Å². The number of hydrogen-bond acceptors (Lipinski definition) is 6. The average molecular weight is 392 g/mol. The first-order chi connectivity index (χ1) is 12.9. The number of hydrogen-bond donors (Lipinski definition) is 1. The molecule has 1 aliphatic heterocycles. The number of piperidine rings is 1. The van der Waals surface area contributed by atoms with Crippen molar-refractivity contribution < 1.29 is 14.6 Å². The summed E-state index contributed by atoms with van der Waals surface area (Å²) in [5.41, 5.74) is 0.832. The minimum absolute atomic E-state index is 0.512. The van der Waals surface area contributed by atoms with Crippen LogP contribution in [0, 0.1) is 6.92 Å². The normalized spacial score (nSPS) is 16.3. The van der Waals surface area contributed by atoms with E-state index in [4.69, 9.17) is 21.1 Å². The molecule has 0 unspecified atom stereocenters. The minimum Gasteiger partial charge on any atom is -0.497 e. The zero-order valence-corrected chi connectivity index (χ0v) is 17.0. The fraction of sp³-hybridized carbons (Fsp3) is 0.500. The molecule has 0 amide bonds. The highest BCUT2D eigenvalue weighted by Crippen LogP contribution is 2.38. The Balaban J connectivity index is 1.85. The molecule has 2 heterocycles. The molecule has 1 aliphatic rings. The van der Waals surface area contributed by atoms with Gasteiger partial charge in [-0.05, 0) is 43.9 Å². The van der Waals surface area contributed by atoms with Crippen molar-refractivity contribution >= 4 is 17.4 Å². The zero-order chi connectivity index (χ0) is 19.6. The van der Waals surface area contributed by atoms with Crippen molar-refractivity contribution in [3.8, 4) is 11.5 Å². The summed E-state index contributed by atoms with van der Waals surface area (Å²) in [5, 5.41) is 11.8. The van der Waals surface area contributed by atoms with Gasteiger partial charge in [0.05, 0.1) is 19.8 Å². The van der Waals surface area contributed by atoms with Gasteiger partial charge in [0.15, 0.2) is 0 Å². The minimum atomic E-state index is -0.934. The molecule has 0 bridgehead atoms. The van der Waals surface area contributed by atoms with Gasteiger partial charge in [0.25, 0.3) is 0 Å². The van der Waals surface area contributed by atoms with E-state index in [0.717, 1.165) is 23.4 Å².